The van der Waals surface area contributed by atoms with Gasteiger partial charge in [-0.05, 0) is 31.3 Å². The summed E-state index contributed by atoms with van der Waals surface area (Å²) >= 11 is 0. The predicted octanol–water partition coefficient (Wildman–Crippen LogP) is 0.973. The van der Waals surface area contributed by atoms with Crippen LogP contribution in [0.15, 0.2) is 28.2 Å². The molecule has 1 atom stereocenters. The Hall–Kier alpha value is -1.45. The minimum Gasteiger partial charge on any atom is -0.482 e. The Bertz CT molecular complexity index is 368. The van der Waals surface area contributed by atoms with Gasteiger partial charge in [0.05, 0.1) is 0 Å². The van der Waals surface area contributed by atoms with Gasteiger partial charge in [0.25, 0.3) is 0 Å². The molecular weight excluding hydrogens is 178 g/mol. The Labute approximate surface area is 82.5 Å². The lowest BCUT2D eigenvalue weighted by Gasteiger charge is -2.19. The van der Waals surface area contributed by atoms with Gasteiger partial charge in [-0.3, -0.25) is 0 Å². The van der Waals surface area contributed by atoms with Gasteiger partial charge in [0, 0.05) is 6.20 Å². The fourth-order valence-corrected chi connectivity index (χ4v) is 2.27. The predicted molar refractivity (Wildman–Crippen MR) is 53.2 cm³/mol. The smallest absolute Gasteiger partial charge is 0.198 e. The summed E-state index contributed by atoms with van der Waals surface area (Å²) in [6.07, 6.45) is 6.79. The molecule has 0 spiro atoms. The molecule has 0 saturated heterocycles. The fourth-order valence-electron chi connectivity index (χ4n) is 2.27. The molecular formula is C10H13N3O. The lowest BCUT2D eigenvalue weighted by atomic mass is 9.92. The maximum Gasteiger partial charge on any atom is 0.198 e. The van der Waals surface area contributed by atoms with Crippen molar-refractivity contribution in [2.24, 2.45) is 10.7 Å². The van der Waals surface area contributed by atoms with E-state index in [1.165, 1.54) is 18.4 Å². The van der Waals surface area contributed by atoms with Crippen LogP contribution in [-0.4, -0.2) is 12.1 Å². The van der Waals surface area contributed by atoms with Crippen molar-refractivity contribution in [1.82, 2.24) is 5.32 Å². The van der Waals surface area contributed by atoms with E-state index >= 15 is 0 Å². The SMILES string of the molecule is NC1=NC2=C3CCCCC3OC2=CN1. The standard InChI is InChI=1S/C10H13N3O/c11-10-12-5-8-9(13-10)6-3-1-2-4-7(6)14-8/h5,7H,1-4H2,(H3,11,12,13). The van der Waals surface area contributed by atoms with Crippen LogP contribution in [-0.2, 0) is 4.74 Å². The second kappa shape index (κ2) is 2.77. The second-order valence-corrected chi connectivity index (χ2v) is 3.88. The Morgan fingerprint density at radius 1 is 1.50 bits per heavy atom. The molecule has 0 aromatic heterocycles. The molecule has 0 bridgehead atoms. The van der Waals surface area contributed by atoms with E-state index in [1.54, 1.807) is 0 Å². The van der Waals surface area contributed by atoms with Crippen molar-refractivity contribution in [2.45, 2.75) is 31.8 Å². The highest BCUT2D eigenvalue weighted by molar-refractivity contribution is 5.82. The van der Waals surface area contributed by atoms with E-state index in [-0.39, 0.29) is 6.10 Å². The van der Waals surface area contributed by atoms with Gasteiger partial charge in [-0.25, -0.2) is 4.99 Å². The van der Waals surface area contributed by atoms with Crippen LogP contribution < -0.4 is 11.1 Å². The fraction of sp³-hybridized carbons (Fsp3) is 0.500. The number of aliphatic imine (C=N–C) groups is 1. The molecule has 14 heavy (non-hydrogen) atoms. The van der Waals surface area contributed by atoms with Gasteiger partial charge in [0.1, 0.15) is 11.8 Å². The van der Waals surface area contributed by atoms with Crippen molar-refractivity contribution < 1.29 is 4.74 Å². The first-order chi connectivity index (χ1) is 6.84. The van der Waals surface area contributed by atoms with E-state index in [9.17, 15) is 0 Å². The summed E-state index contributed by atoms with van der Waals surface area (Å²) in [7, 11) is 0. The molecule has 1 saturated carbocycles. The number of guanidine groups is 1. The number of rotatable bonds is 0. The first-order valence-corrected chi connectivity index (χ1v) is 5.05. The molecule has 1 aliphatic carbocycles. The summed E-state index contributed by atoms with van der Waals surface area (Å²) < 4.78 is 5.78. The molecule has 1 unspecified atom stereocenters. The molecule has 0 aromatic carbocycles. The van der Waals surface area contributed by atoms with Crippen LogP contribution in [0.25, 0.3) is 0 Å². The van der Waals surface area contributed by atoms with Gasteiger partial charge in [0.2, 0.25) is 0 Å². The van der Waals surface area contributed by atoms with Crippen LogP contribution in [0.2, 0.25) is 0 Å². The third-order valence-electron chi connectivity index (χ3n) is 2.94. The van der Waals surface area contributed by atoms with Crippen molar-refractivity contribution in [1.29, 1.82) is 0 Å². The third-order valence-corrected chi connectivity index (χ3v) is 2.94. The second-order valence-electron chi connectivity index (χ2n) is 3.88. The lowest BCUT2D eigenvalue weighted by Crippen LogP contribution is -2.30. The van der Waals surface area contributed by atoms with Crippen LogP contribution in [0.4, 0.5) is 0 Å². The minimum absolute atomic E-state index is 0.265. The number of hydrogen-bond donors (Lipinski definition) is 2. The van der Waals surface area contributed by atoms with E-state index in [1.807, 2.05) is 6.20 Å². The highest BCUT2D eigenvalue weighted by atomic mass is 16.5. The molecule has 0 amide bonds. The Balaban J connectivity index is 2.04. The van der Waals surface area contributed by atoms with E-state index in [2.05, 4.69) is 10.3 Å². The molecule has 0 aromatic rings. The monoisotopic (exact) mass is 191 g/mol. The van der Waals surface area contributed by atoms with E-state index in [4.69, 9.17) is 10.5 Å². The quantitative estimate of drug-likeness (QED) is 0.600. The number of nitrogens with two attached hydrogens (primary N) is 1. The molecule has 1 fully saturated rings. The Morgan fingerprint density at radius 2 is 2.43 bits per heavy atom. The summed E-state index contributed by atoms with van der Waals surface area (Å²) in [4.78, 5) is 4.30. The zero-order valence-corrected chi connectivity index (χ0v) is 7.92. The van der Waals surface area contributed by atoms with Crippen molar-refractivity contribution in [3.8, 4) is 0 Å². The minimum atomic E-state index is 0.265. The van der Waals surface area contributed by atoms with Crippen molar-refractivity contribution in [3.63, 3.8) is 0 Å². The van der Waals surface area contributed by atoms with E-state index < -0.39 is 0 Å². The van der Waals surface area contributed by atoms with Gasteiger partial charge in [0.15, 0.2) is 11.7 Å². The number of fused-ring (bicyclic) bond motifs is 2. The average molecular weight is 191 g/mol. The molecule has 4 nitrogen and oxygen atoms in total. The topological polar surface area (TPSA) is 59.6 Å². The summed E-state index contributed by atoms with van der Waals surface area (Å²) in [5, 5.41) is 2.87. The maximum atomic E-state index is 5.78. The molecule has 2 heterocycles. The van der Waals surface area contributed by atoms with Crippen molar-refractivity contribution >= 4 is 5.96 Å². The number of nitrogens with zero attached hydrogens (tertiary/aromatic N) is 1. The number of hydrogen-bond acceptors (Lipinski definition) is 4. The first kappa shape index (κ1) is 7.91. The Kier molecular flexibility index (Phi) is 1.56. The third kappa shape index (κ3) is 1.03. The number of nitrogens with one attached hydrogen (secondary N) is 1. The Morgan fingerprint density at radius 3 is 3.36 bits per heavy atom. The zero-order valence-electron chi connectivity index (χ0n) is 7.92. The van der Waals surface area contributed by atoms with Crippen LogP contribution in [0.3, 0.4) is 0 Å². The molecule has 3 aliphatic rings. The largest absolute Gasteiger partial charge is 0.482 e. The zero-order chi connectivity index (χ0) is 9.54. The highest BCUT2D eigenvalue weighted by Crippen LogP contribution is 2.39. The molecule has 2 aliphatic heterocycles. The van der Waals surface area contributed by atoms with Crippen molar-refractivity contribution in [2.75, 3.05) is 0 Å². The number of ether oxygens (including phenoxy) is 1. The molecule has 0 radical (unpaired) electrons. The van der Waals surface area contributed by atoms with Gasteiger partial charge >= 0.3 is 0 Å². The van der Waals surface area contributed by atoms with Crippen molar-refractivity contribution in [3.05, 3.63) is 23.2 Å². The molecule has 3 N–H and O–H groups in total. The highest BCUT2D eigenvalue weighted by Gasteiger charge is 2.34. The van der Waals surface area contributed by atoms with Crippen LogP contribution in [0.1, 0.15) is 25.7 Å². The van der Waals surface area contributed by atoms with Gasteiger partial charge in [-0.2, -0.15) is 0 Å². The summed E-state index contributed by atoms with van der Waals surface area (Å²) in [6.45, 7) is 0. The molecule has 3 rings (SSSR count). The van der Waals surface area contributed by atoms with E-state index in [0.29, 0.717) is 5.96 Å². The normalized spacial score (nSPS) is 29.6. The molecule has 74 valence electrons. The average Bonchev–Trinajstić information content (AvgIpc) is 2.56. The van der Waals surface area contributed by atoms with Gasteiger partial charge < -0.3 is 15.8 Å². The van der Waals surface area contributed by atoms with Gasteiger partial charge in [-0.15, -0.1) is 0 Å². The summed E-state index contributed by atoms with van der Waals surface area (Å²) in [5.41, 5.74) is 7.93. The van der Waals surface area contributed by atoms with Gasteiger partial charge in [-0.1, -0.05) is 0 Å². The van der Waals surface area contributed by atoms with Crippen LogP contribution in [0, 0.1) is 0 Å². The van der Waals surface area contributed by atoms with E-state index in [0.717, 1.165) is 24.3 Å². The summed E-state index contributed by atoms with van der Waals surface area (Å²) in [6, 6.07) is 0. The van der Waals surface area contributed by atoms with Crippen LogP contribution in [0.5, 0.6) is 0 Å². The van der Waals surface area contributed by atoms with Crippen LogP contribution >= 0.6 is 0 Å². The summed E-state index contributed by atoms with van der Waals surface area (Å²) in [5.74, 6) is 1.33. The lowest BCUT2D eigenvalue weighted by molar-refractivity contribution is 0.148. The molecule has 4 heteroatoms. The first-order valence-electron chi connectivity index (χ1n) is 5.05. The maximum absolute atomic E-state index is 5.78.